The van der Waals surface area contributed by atoms with Crippen molar-refractivity contribution in [2.75, 3.05) is 6.61 Å². The summed E-state index contributed by atoms with van der Waals surface area (Å²) in [7, 11) is 0. The van der Waals surface area contributed by atoms with E-state index >= 15 is 0 Å². The molecule has 1 aromatic rings. The van der Waals surface area contributed by atoms with Crippen molar-refractivity contribution >= 4 is 5.97 Å². The van der Waals surface area contributed by atoms with Crippen LogP contribution in [0.2, 0.25) is 0 Å². The van der Waals surface area contributed by atoms with Crippen molar-refractivity contribution in [2.24, 2.45) is 29.1 Å². The van der Waals surface area contributed by atoms with Crippen molar-refractivity contribution in [3.8, 4) is 0 Å². The van der Waals surface area contributed by atoms with Gasteiger partial charge in [-0.15, -0.1) is 0 Å². The highest BCUT2D eigenvalue weighted by atomic mass is 16.5. The lowest BCUT2D eigenvalue weighted by molar-refractivity contribution is -0.156. The molecule has 6 atom stereocenters. The summed E-state index contributed by atoms with van der Waals surface area (Å²) in [5.41, 5.74) is 4.89. The zero-order chi connectivity index (χ0) is 21.1. The predicted octanol–water partition coefficient (Wildman–Crippen LogP) is 6.58. The van der Waals surface area contributed by atoms with E-state index in [1.54, 1.807) is 11.1 Å². The molecule has 0 spiro atoms. The highest BCUT2D eigenvalue weighted by molar-refractivity contribution is 5.74. The minimum Gasteiger partial charge on any atom is -0.465 e. The Bertz CT molecular complexity index is 867. The monoisotopic (exact) mass is 406 g/mol. The second kappa shape index (κ2) is 7.24. The first-order valence-corrected chi connectivity index (χ1v) is 12.3. The lowest BCUT2D eigenvalue weighted by atomic mass is 9.50. The van der Waals surface area contributed by atoms with Crippen LogP contribution in [0.15, 0.2) is 30.4 Å². The van der Waals surface area contributed by atoms with Gasteiger partial charge in [0.15, 0.2) is 0 Å². The van der Waals surface area contributed by atoms with Crippen LogP contribution in [0.5, 0.6) is 0 Å². The average molecular weight is 407 g/mol. The molecule has 5 rings (SSSR count). The van der Waals surface area contributed by atoms with Gasteiger partial charge in [0, 0.05) is 5.41 Å². The summed E-state index contributed by atoms with van der Waals surface area (Å²) in [6.45, 7) is 10.1. The number of carbonyl (C=O) groups is 1. The molecule has 2 fully saturated rings. The van der Waals surface area contributed by atoms with E-state index < -0.39 is 0 Å². The Balaban J connectivity index is 1.34. The van der Waals surface area contributed by atoms with Crippen LogP contribution >= 0.6 is 0 Å². The molecule has 0 aromatic heterocycles. The molecule has 3 unspecified atom stereocenters. The molecule has 2 saturated carbocycles. The Morgan fingerprint density at radius 1 is 1.17 bits per heavy atom. The molecule has 0 N–H and O–H groups in total. The largest absolute Gasteiger partial charge is 0.465 e. The minimum absolute atomic E-state index is 0.0677. The normalized spacial score (nSPS) is 39.1. The van der Waals surface area contributed by atoms with E-state index in [0.717, 1.165) is 19.3 Å². The maximum absolute atomic E-state index is 12.9. The Labute approximate surface area is 182 Å². The van der Waals surface area contributed by atoms with Gasteiger partial charge in [0.2, 0.25) is 0 Å². The van der Waals surface area contributed by atoms with Crippen LogP contribution in [-0.2, 0) is 21.4 Å². The van der Waals surface area contributed by atoms with Crippen LogP contribution in [0, 0.1) is 29.1 Å². The molecule has 0 heterocycles. The van der Waals surface area contributed by atoms with Gasteiger partial charge in [-0.2, -0.15) is 0 Å². The smallest absolute Gasteiger partial charge is 0.309 e. The standard InChI is InChI=1S/C28H38O2/c1-18(2)20-8-10-24-22(16-20)9-11-25-27(3,12-5-13-28(24,25)4)17-30-26(29)23-15-19-6-7-21(23)14-19/h6-8,10,16,18-19,21,23,25H,5,9,11-15,17H2,1-4H3/t19?,21?,23?,25-,27-,28+/m0/s1. The van der Waals surface area contributed by atoms with Crippen LogP contribution in [0.25, 0.3) is 0 Å². The number of allylic oxidation sites excluding steroid dienone is 2. The van der Waals surface area contributed by atoms with Crippen molar-refractivity contribution in [3.05, 3.63) is 47.0 Å². The summed E-state index contributed by atoms with van der Waals surface area (Å²) < 4.78 is 6.08. The topological polar surface area (TPSA) is 26.3 Å². The van der Waals surface area contributed by atoms with Gasteiger partial charge in [0.05, 0.1) is 12.5 Å². The van der Waals surface area contributed by atoms with E-state index in [-0.39, 0.29) is 22.7 Å². The number of aryl methyl sites for hydroxylation is 1. The zero-order valence-electron chi connectivity index (χ0n) is 19.2. The van der Waals surface area contributed by atoms with Gasteiger partial charge in [-0.25, -0.2) is 0 Å². The first-order chi connectivity index (χ1) is 14.3. The quantitative estimate of drug-likeness (QED) is 0.417. The van der Waals surface area contributed by atoms with Gasteiger partial charge < -0.3 is 4.74 Å². The SMILES string of the molecule is CC(C)c1ccc2c(c1)CC[C@H]1[C@](C)(COC(=O)C3CC4C=CC3C4)CCC[C@]21C. The van der Waals surface area contributed by atoms with Crippen LogP contribution in [-0.4, -0.2) is 12.6 Å². The van der Waals surface area contributed by atoms with Crippen molar-refractivity contribution in [1.82, 2.24) is 0 Å². The first-order valence-electron chi connectivity index (χ1n) is 12.3. The summed E-state index contributed by atoms with van der Waals surface area (Å²) in [6, 6.07) is 7.25. The van der Waals surface area contributed by atoms with E-state index in [0.29, 0.717) is 30.3 Å². The average Bonchev–Trinajstić information content (AvgIpc) is 3.35. The third kappa shape index (κ3) is 3.17. The summed E-state index contributed by atoms with van der Waals surface area (Å²) >= 11 is 0. The highest BCUT2D eigenvalue weighted by Gasteiger charge is 2.52. The number of hydrogen-bond donors (Lipinski definition) is 0. The Morgan fingerprint density at radius 3 is 2.70 bits per heavy atom. The molecule has 4 aliphatic carbocycles. The van der Waals surface area contributed by atoms with Crippen molar-refractivity contribution in [3.63, 3.8) is 0 Å². The molecule has 0 aliphatic heterocycles. The number of benzene rings is 1. The van der Waals surface area contributed by atoms with Crippen molar-refractivity contribution in [1.29, 1.82) is 0 Å². The Morgan fingerprint density at radius 2 is 2.00 bits per heavy atom. The molecule has 2 bridgehead atoms. The Hall–Kier alpha value is -1.57. The lowest BCUT2D eigenvalue weighted by Gasteiger charge is -2.55. The fourth-order valence-electron chi connectivity index (χ4n) is 7.57. The molecule has 2 heteroatoms. The second-order valence-corrected chi connectivity index (χ2v) is 11.6. The molecule has 0 saturated heterocycles. The van der Waals surface area contributed by atoms with Crippen LogP contribution in [0.1, 0.15) is 88.8 Å². The lowest BCUT2D eigenvalue weighted by Crippen LogP contribution is -2.51. The van der Waals surface area contributed by atoms with Gasteiger partial charge in [-0.05, 0) is 84.3 Å². The number of hydrogen-bond acceptors (Lipinski definition) is 2. The molecule has 162 valence electrons. The van der Waals surface area contributed by atoms with Crippen LogP contribution in [0.3, 0.4) is 0 Å². The zero-order valence-corrected chi connectivity index (χ0v) is 19.2. The maximum atomic E-state index is 12.9. The molecule has 1 aromatic carbocycles. The number of ether oxygens (including phenoxy) is 1. The maximum Gasteiger partial charge on any atom is 0.309 e. The fraction of sp³-hybridized carbons (Fsp3) is 0.679. The van der Waals surface area contributed by atoms with Gasteiger partial charge in [-0.1, -0.05) is 64.5 Å². The molecule has 0 radical (unpaired) electrons. The molecular weight excluding hydrogens is 368 g/mol. The van der Waals surface area contributed by atoms with Crippen LogP contribution < -0.4 is 0 Å². The number of fused-ring (bicyclic) bond motifs is 5. The predicted molar refractivity (Wildman–Crippen MR) is 121 cm³/mol. The van der Waals surface area contributed by atoms with Crippen LogP contribution in [0.4, 0.5) is 0 Å². The van der Waals surface area contributed by atoms with E-state index in [9.17, 15) is 4.79 Å². The molecule has 0 amide bonds. The number of esters is 1. The van der Waals surface area contributed by atoms with E-state index in [1.807, 2.05) is 0 Å². The second-order valence-electron chi connectivity index (χ2n) is 11.6. The third-order valence-corrected chi connectivity index (χ3v) is 9.29. The van der Waals surface area contributed by atoms with Crippen molar-refractivity contribution < 1.29 is 9.53 Å². The molecular formula is C28H38O2. The summed E-state index contributed by atoms with van der Waals surface area (Å²) in [4.78, 5) is 12.9. The molecule has 2 nitrogen and oxygen atoms in total. The third-order valence-electron chi connectivity index (χ3n) is 9.29. The van der Waals surface area contributed by atoms with Gasteiger partial charge in [0.25, 0.3) is 0 Å². The summed E-state index contributed by atoms with van der Waals surface area (Å²) in [6.07, 6.45) is 12.8. The van der Waals surface area contributed by atoms with E-state index in [1.165, 1.54) is 31.2 Å². The molecule has 4 aliphatic rings. The van der Waals surface area contributed by atoms with Gasteiger partial charge in [-0.3, -0.25) is 4.79 Å². The summed E-state index contributed by atoms with van der Waals surface area (Å²) in [5, 5.41) is 0. The van der Waals surface area contributed by atoms with Crippen molar-refractivity contribution in [2.45, 2.75) is 84.0 Å². The first kappa shape index (κ1) is 20.3. The fourth-order valence-corrected chi connectivity index (χ4v) is 7.57. The highest BCUT2D eigenvalue weighted by Crippen LogP contribution is 2.57. The van der Waals surface area contributed by atoms with Gasteiger partial charge >= 0.3 is 5.97 Å². The van der Waals surface area contributed by atoms with Gasteiger partial charge in [0.1, 0.15) is 0 Å². The number of carbonyl (C=O) groups excluding carboxylic acids is 1. The number of rotatable bonds is 4. The summed E-state index contributed by atoms with van der Waals surface area (Å²) in [5.74, 6) is 2.40. The van der Waals surface area contributed by atoms with E-state index in [4.69, 9.17) is 4.74 Å². The Kier molecular flexibility index (Phi) is 4.91. The minimum atomic E-state index is 0.0677. The van der Waals surface area contributed by atoms with E-state index in [2.05, 4.69) is 58.0 Å². The molecule has 30 heavy (non-hydrogen) atoms.